The summed E-state index contributed by atoms with van der Waals surface area (Å²) in [5, 5.41) is 0. The normalized spacial score (nSPS) is 14.1. The third-order valence-corrected chi connectivity index (χ3v) is 1.78. The first kappa shape index (κ1) is 11.6. The van der Waals surface area contributed by atoms with E-state index < -0.39 is 23.3 Å². The second kappa shape index (κ2) is 4.56. The molecule has 0 aromatic carbocycles. The first-order chi connectivity index (χ1) is 5.37. The number of hydrogen-bond acceptors (Lipinski definition) is 4. The van der Waals surface area contributed by atoms with Crippen molar-refractivity contribution in [3.05, 3.63) is 0 Å². The van der Waals surface area contributed by atoms with Crippen LogP contribution in [0, 0.1) is 0 Å². The van der Waals surface area contributed by atoms with E-state index in [1.54, 1.807) is 0 Å². The molecule has 0 aliphatic rings. The highest BCUT2D eigenvalue weighted by Crippen LogP contribution is 2.30. The lowest BCUT2D eigenvalue weighted by molar-refractivity contribution is -0.141. The van der Waals surface area contributed by atoms with Crippen LogP contribution in [-0.2, 0) is 9.53 Å². The zero-order chi connectivity index (χ0) is 9.78. The molecule has 0 heterocycles. The van der Waals surface area contributed by atoms with Gasteiger partial charge in [0.1, 0.15) is 6.04 Å². The van der Waals surface area contributed by atoms with Crippen molar-refractivity contribution in [3.63, 3.8) is 0 Å². The number of nitrogens with two attached hydrogens (primary N) is 1. The third-order valence-electron chi connectivity index (χ3n) is 0.930. The lowest BCUT2D eigenvalue weighted by Crippen LogP contribution is -2.34. The van der Waals surface area contributed by atoms with Gasteiger partial charge in [0.25, 0.3) is 0 Å². The highest BCUT2D eigenvalue weighted by molar-refractivity contribution is 8.00. The summed E-state index contributed by atoms with van der Waals surface area (Å²) in [5.74, 6) is -1.36. The van der Waals surface area contributed by atoms with E-state index in [1.807, 2.05) is 0 Å². The van der Waals surface area contributed by atoms with Gasteiger partial charge >= 0.3 is 11.5 Å². The maximum atomic E-state index is 11.5. The van der Waals surface area contributed by atoms with Crippen molar-refractivity contribution in [1.29, 1.82) is 0 Å². The van der Waals surface area contributed by atoms with Gasteiger partial charge in [0.15, 0.2) is 0 Å². The van der Waals surface area contributed by atoms with Crippen molar-refractivity contribution in [3.8, 4) is 0 Å². The van der Waals surface area contributed by atoms with Crippen LogP contribution >= 0.6 is 11.8 Å². The van der Waals surface area contributed by atoms with Crippen LogP contribution in [0.15, 0.2) is 0 Å². The van der Waals surface area contributed by atoms with Crippen LogP contribution in [0.2, 0.25) is 0 Å². The Kier molecular flexibility index (Phi) is 4.40. The van der Waals surface area contributed by atoms with Gasteiger partial charge in [-0.2, -0.15) is 13.2 Å². The predicted molar refractivity (Wildman–Crippen MR) is 38.5 cm³/mol. The number of esters is 1. The molecule has 0 aliphatic heterocycles. The minimum atomic E-state index is -4.36. The first-order valence-electron chi connectivity index (χ1n) is 2.91. The molecule has 0 aliphatic carbocycles. The van der Waals surface area contributed by atoms with Crippen LogP contribution in [0.4, 0.5) is 13.2 Å². The van der Waals surface area contributed by atoms with E-state index in [1.165, 1.54) is 0 Å². The predicted octanol–water partition coefficient (Wildman–Crippen LogP) is 0.740. The van der Waals surface area contributed by atoms with Crippen molar-refractivity contribution in [1.82, 2.24) is 0 Å². The smallest absolute Gasteiger partial charge is 0.441 e. The molecule has 1 atom stereocenters. The molecule has 12 heavy (non-hydrogen) atoms. The van der Waals surface area contributed by atoms with E-state index >= 15 is 0 Å². The number of alkyl halides is 3. The molecule has 0 aromatic rings. The molecule has 0 saturated carbocycles. The van der Waals surface area contributed by atoms with Crippen molar-refractivity contribution in [2.45, 2.75) is 11.6 Å². The third kappa shape index (κ3) is 5.25. The van der Waals surface area contributed by atoms with Crippen LogP contribution in [0.1, 0.15) is 0 Å². The molecular formula is C5H8F3NO2S. The molecule has 0 radical (unpaired) electrons. The number of ether oxygens (including phenoxy) is 1. The SMILES string of the molecule is COC(=O)[C@@H](N)CSC(F)(F)F. The quantitative estimate of drug-likeness (QED) is 0.687. The number of carbonyl (C=O) groups is 1. The minimum absolute atomic E-state index is 0.340. The zero-order valence-corrected chi connectivity index (χ0v) is 7.04. The van der Waals surface area contributed by atoms with Crippen molar-refractivity contribution in [2.24, 2.45) is 5.73 Å². The lowest BCUT2D eigenvalue weighted by atomic mass is 10.4. The van der Waals surface area contributed by atoms with E-state index in [0.29, 0.717) is 0 Å². The number of rotatable bonds is 3. The largest absolute Gasteiger partial charge is 0.468 e. The van der Waals surface area contributed by atoms with Crippen molar-refractivity contribution in [2.75, 3.05) is 12.9 Å². The lowest BCUT2D eigenvalue weighted by Gasteiger charge is -2.09. The molecule has 0 aromatic heterocycles. The number of thioether (sulfide) groups is 1. The van der Waals surface area contributed by atoms with E-state index in [2.05, 4.69) is 4.74 Å². The van der Waals surface area contributed by atoms with Gasteiger partial charge in [-0.25, -0.2) is 0 Å². The highest BCUT2D eigenvalue weighted by Gasteiger charge is 2.30. The molecule has 2 N–H and O–H groups in total. The molecule has 7 heteroatoms. The molecule has 0 fully saturated rings. The summed E-state index contributed by atoms with van der Waals surface area (Å²) in [6, 6.07) is -1.22. The van der Waals surface area contributed by atoms with Gasteiger partial charge < -0.3 is 10.5 Å². The minimum Gasteiger partial charge on any atom is -0.468 e. The van der Waals surface area contributed by atoms with Crippen LogP contribution < -0.4 is 5.73 Å². The zero-order valence-electron chi connectivity index (χ0n) is 6.22. The summed E-state index contributed by atoms with van der Waals surface area (Å²) in [6.07, 6.45) is 0. The van der Waals surface area contributed by atoms with E-state index in [-0.39, 0.29) is 11.8 Å². The fraction of sp³-hybridized carbons (Fsp3) is 0.800. The van der Waals surface area contributed by atoms with Gasteiger partial charge in [-0.3, -0.25) is 4.79 Å². The molecule has 0 bridgehead atoms. The molecular weight excluding hydrogens is 195 g/mol. The Labute approximate surface area is 71.4 Å². The average molecular weight is 203 g/mol. The van der Waals surface area contributed by atoms with Gasteiger partial charge in [-0.05, 0) is 11.8 Å². The van der Waals surface area contributed by atoms with E-state index in [0.717, 1.165) is 7.11 Å². The van der Waals surface area contributed by atoms with Crippen LogP contribution in [0.3, 0.4) is 0 Å². The van der Waals surface area contributed by atoms with E-state index in [9.17, 15) is 18.0 Å². The molecule has 72 valence electrons. The summed E-state index contributed by atoms with van der Waals surface area (Å²) < 4.78 is 38.7. The first-order valence-corrected chi connectivity index (χ1v) is 3.89. The molecule has 0 saturated heterocycles. The second-order valence-corrected chi connectivity index (χ2v) is 2.97. The fourth-order valence-corrected chi connectivity index (χ4v) is 0.908. The average Bonchev–Trinajstić information content (AvgIpc) is 1.97. The van der Waals surface area contributed by atoms with Crippen LogP contribution in [-0.4, -0.2) is 30.4 Å². The number of halogens is 3. The molecule has 0 amide bonds. The summed E-state index contributed by atoms with van der Waals surface area (Å²) >= 11 is -0.340. The monoisotopic (exact) mass is 203 g/mol. The molecule has 3 nitrogen and oxygen atoms in total. The van der Waals surface area contributed by atoms with E-state index in [4.69, 9.17) is 5.73 Å². The molecule has 0 unspecified atom stereocenters. The summed E-state index contributed by atoms with van der Waals surface area (Å²) in [4.78, 5) is 10.5. The van der Waals surface area contributed by atoms with Gasteiger partial charge in [0.2, 0.25) is 0 Å². The summed E-state index contributed by atoms with van der Waals surface area (Å²) in [6.45, 7) is 0. The maximum Gasteiger partial charge on any atom is 0.441 e. The standard InChI is InChI=1S/C5H8F3NO2S/c1-11-4(10)3(9)2-12-5(6,7)8/h3H,2,9H2,1H3/t3-/m0/s1. The van der Waals surface area contributed by atoms with Crippen molar-refractivity contribution < 1.29 is 22.7 Å². The summed E-state index contributed by atoms with van der Waals surface area (Å²) in [5.41, 5.74) is 0.684. The van der Waals surface area contributed by atoms with Gasteiger partial charge in [-0.15, -0.1) is 0 Å². The maximum absolute atomic E-state index is 11.5. The Morgan fingerprint density at radius 1 is 1.67 bits per heavy atom. The Morgan fingerprint density at radius 3 is 2.50 bits per heavy atom. The Hall–Kier alpha value is -0.430. The Balaban J connectivity index is 3.72. The van der Waals surface area contributed by atoms with Gasteiger partial charge in [-0.1, -0.05) is 0 Å². The Morgan fingerprint density at radius 2 is 2.17 bits per heavy atom. The van der Waals surface area contributed by atoms with Gasteiger partial charge in [0, 0.05) is 5.75 Å². The Bertz CT molecular complexity index is 161. The van der Waals surface area contributed by atoms with Crippen LogP contribution in [0.25, 0.3) is 0 Å². The number of carbonyl (C=O) groups excluding carboxylic acids is 1. The molecule has 0 rings (SSSR count). The van der Waals surface area contributed by atoms with Gasteiger partial charge in [0.05, 0.1) is 7.11 Å². The second-order valence-electron chi connectivity index (χ2n) is 1.89. The molecule has 0 spiro atoms. The summed E-state index contributed by atoms with van der Waals surface area (Å²) in [7, 11) is 1.07. The van der Waals surface area contributed by atoms with Crippen molar-refractivity contribution >= 4 is 17.7 Å². The fourth-order valence-electron chi connectivity index (χ4n) is 0.404. The topological polar surface area (TPSA) is 52.3 Å². The number of methoxy groups -OCH3 is 1. The van der Waals surface area contributed by atoms with Crippen LogP contribution in [0.5, 0.6) is 0 Å². The number of hydrogen-bond donors (Lipinski definition) is 1. The highest BCUT2D eigenvalue weighted by atomic mass is 32.2.